The summed E-state index contributed by atoms with van der Waals surface area (Å²) in [6.45, 7) is 1.46. The molecule has 9 heteroatoms. The third-order valence-electron chi connectivity index (χ3n) is 0.442. The highest BCUT2D eigenvalue weighted by molar-refractivity contribution is 6.45. The van der Waals surface area contributed by atoms with Crippen molar-refractivity contribution >= 4 is 98.6 Å². The van der Waals surface area contributed by atoms with Crippen molar-refractivity contribution in [1.82, 2.24) is 0 Å². The van der Waals surface area contributed by atoms with Crippen LogP contribution in [0.1, 0.15) is 13.3 Å². The van der Waals surface area contributed by atoms with Gasteiger partial charge in [0.1, 0.15) is 10.6 Å². The Morgan fingerprint density at radius 1 is 0.875 bits per heavy atom. The molecule has 0 saturated carbocycles. The first kappa shape index (κ1) is 26.5. The van der Waals surface area contributed by atoms with Crippen molar-refractivity contribution in [2.75, 3.05) is 16.0 Å². The standard InChI is InChI=1S/C4H6Cl2O.3CH2Cl2/c1-3(7)2-4(5)6;3*2-1-3/h4H,2H2,1H3;3*1H2. The highest BCUT2D eigenvalue weighted by Crippen LogP contribution is 2.05. The molecular weight excluding hydrogens is 384 g/mol. The fraction of sp³-hybridized carbons (Fsp3) is 0.857. The highest BCUT2D eigenvalue weighted by atomic mass is 35.5. The molecule has 1 nitrogen and oxygen atoms in total. The Balaban J connectivity index is -0.0000000677. The minimum absolute atomic E-state index is 0.0231. The molecule has 0 aromatic carbocycles. The van der Waals surface area contributed by atoms with E-state index in [1.54, 1.807) is 0 Å². The zero-order valence-electron chi connectivity index (χ0n) is 8.34. The summed E-state index contributed by atoms with van der Waals surface area (Å²) >= 11 is 39.0. The summed E-state index contributed by atoms with van der Waals surface area (Å²) in [6.07, 6.45) is 0.253. The van der Waals surface area contributed by atoms with Gasteiger partial charge in [0.2, 0.25) is 0 Å². The van der Waals surface area contributed by atoms with Crippen LogP contribution < -0.4 is 0 Å². The minimum atomic E-state index is -0.530. The number of alkyl halides is 8. The van der Waals surface area contributed by atoms with Gasteiger partial charge in [-0.25, -0.2) is 0 Å². The van der Waals surface area contributed by atoms with E-state index in [4.69, 9.17) is 92.8 Å². The Morgan fingerprint density at radius 3 is 1.06 bits per heavy atom. The van der Waals surface area contributed by atoms with Gasteiger partial charge in [-0.3, -0.25) is 4.79 Å². The molecule has 0 amide bonds. The minimum Gasteiger partial charge on any atom is -0.300 e. The van der Waals surface area contributed by atoms with Crippen LogP contribution in [0.15, 0.2) is 0 Å². The van der Waals surface area contributed by atoms with Crippen LogP contribution in [0.3, 0.4) is 0 Å². The second-order valence-electron chi connectivity index (χ2n) is 1.60. The summed E-state index contributed by atoms with van der Waals surface area (Å²) in [5.41, 5.74) is 0. The summed E-state index contributed by atoms with van der Waals surface area (Å²) in [4.78, 5) is 9.56. The lowest BCUT2D eigenvalue weighted by atomic mass is 10.4. The van der Waals surface area contributed by atoms with Gasteiger partial charge in [-0.2, -0.15) is 0 Å². The van der Waals surface area contributed by atoms with Crippen LogP contribution in [0.2, 0.25) is 0 Å². The number of ketones is 1. The third-order valence-corrected chi connectivity index (χ3v) is 0.750. The Labute approximate surface area is 137 Å². The van der Waals surface area contributed by atoms with E-state index >= 15 is 0 Å². The van der Waals surface area contributed by atoms with Gasteiger partial charge >= 0.3 is 0 Å². The van der Waals surface area contributed by atoms with E-state index in [9.17, 15) is 4.79 Å². The van der Waals surface area contributed by atoms with E-state index in [0.29, 0.717) is 0 Å². The highest BCUT2D eigenvalue weighted by Gasteiger charge is 2.00. The van der Waals surface area contributed by atoms with Crippen molar-refractivity contribution in [3.05, 3.63) is 0 Å². The molecule has 0 heterocycles. The van der Waals surface area contributed by atoms with Gasteiger partial charge < -0.3 is 0 Å². The molecule has 0 rings (SSSR count). The van der Waals surface area contributed by atoms with Crippen molar-refractivity contribution in [3.63, 3.8) is 0 Å². The third kappa shape index (κ3) is 100. The molecule has 0 fully saturated rings. The maximum atomic E-state index is 10.1. The number of rotatable bonds is 2. The zero-order chi connectivity index (χ0) is 14.0. The molecule has 0 aliphatic carbocycles. The summed E-state index contributed by atoms with van der Waals surface area (Å²) < 4.78 is 0. The van der Waals surface area contributed by atoms with E-state index in [1.807, 2.05) is 0 Å². The second kappa shape index (κ2) is 30.2. The summed E-state index contributed by atoms with van der Waals surface area (Å²) in [7, 11) is 0. The van der Waals surface area contributed by atoms with Gasteiger partial charge in [0, 0.05) is 6.42 Å². The van der Waals surface area contributed by atoms with Crippen LogP contribution in [-0.4, -0.2) is 26.6 Å². The van der Waals surface area contributed by atoms with E-state index in [1.165, 1.54) is 6.92 Å². The largest absolute Gasteiger partial charge is 0.300 e. The molecule has 0 unspecified atom stereocenters. The van der Waals surface area contributed by atoms with Crippen LogP contribution in [0.4, 0.5) is 0 Å². The fourth-order valence-electron chi connectivity index (χ4n) is 0.217. The van der Waals surface area contributed by atoms with Crippen molar-refractivity contribution < 1.29 is 4.79 Å². The van der Waals surface area contributed by atoms with E-state index < -0.39 is 4.84 Å². The van der Waals surface area contributed by atoms with Crippen LogP contribution in [-0.2, 0) is 4.79 Å². The molecular formula is C7H12Cl8O. The Hall–Kier alpha value is 1.99. The first-order valence-electron chi connectivity index (χ1n) is 3.51. The lowest BCUT2D eigenvalue weighted by Crippen LogP contribution is -1.95. The summed E-state index contributed by atoms with van der Waals surface area (Å²) in [5.74, 6) is 0.0231. The van der Waals surface area contributed by atoms with Gasteiger partial charge in [0.25, 0.3) is 0 Å². The molecule has 0 aliphatic rings. The molecule has 0 aromatic rings. The number of hydrogen-bond donors (Lipinski definition) is 0. The van der Waals surface area contributed by atoms with Crippen molar-refractivity contribution in [2.45, 2.75) is 18.2 Å². The molecule has 0 bridgehead atoms. The summed E-state index contributed by atoms with van der Waals surface area (Å²) in [5, 5.41) is 0.583. The smallest absolute Gasteiger partial charge is 0.132 e. The van der Waals surface area contributed by atoms with Crippen molar-refractivity contribution in [3.8, 4) is 0 Å². The normalized spacial score (nSPS) is 7.62. The zero-order valence-corrected chi connectivity index (χ0v) is 14.4. The van der Waals surface area contributed by atoms with E-state index in [2.05, 4.69) is 0 Å². The van der Waals surface area contributed by atoms with E-state index in [0.717, 1.165) is 0 Å². The van der Waals surface area contributed by atoms with Crippen LogP contribution in [0.5, 0.6) is 0 Å². The number of hydrogen-bond acceptors (Lipinski definition) is 1. The Kier molecular flexibility index (Phi) is 50.1. The van der Waals surface area contributed by atoms with Crippen molar-refractivity contribution in [1.29, 1.82) is 0 Å². The molecule has 0 atom stereocenters. The van der Waals surface area contributed by atoms with Crippen LogP contribution >= 0.6 is 92.8 Å². The SMILES string of the molecule is CC(=O)CC(Cl)Cl.ClCCl.ClCCl.ClCCl. The Morgan fingerprint density at radius 2 is 1.06 bits per heavy atom. The number of carbonyl (C=O) groups excluding carboxylic acids is 1. The van der Waals surface area contributed by atoms with Crippen molar-refractivity contribution in [2.24, 2.45) is 0 Å². The lowest BCUT2D eigenvalue weighted by Gasteiger charge is -1.90. The average Bonchev–Trinajstić information content (AvgIpc) is 2.04. The molecule has 0 aliphatic heterocycles. The number of Topliss-reactive ketones (excluding diaryl/α,β-unsaturated/α-hetero) is 1. The van der Waals surface area contributed by atoms with Crippen LogP contribution in [0.25, 0.3) is 0 Å². The topological polar surface area (TPSA) is 17.1 Å². The molecule has 0 aromatic heterocycles. The van der Waals surface area contributed by atoms with Gasteiger partial charge in [0.05, 0.1) is 16.0 Å². The summed E-state index contributed by atoms with van der Waals surface area (Å²) in [6, 6.07) is 0. The van der Waals surface area contributed by atoms with Gasteiger partial charge in [-0.15, -0.1) is 92.8 Å². The molecule has 0 N–H and O–H groups in total. The van der Waals surface area contributed by atoms with E-state index in [-0.39, 0.29) is 28.2 Å². The quantitative estimate of drug-likeness (QED) is 0.521. The molecule has 102 valence electrons. The molecule has 0 saturated heterocycles. The predicted molar refractivity (Wildman–Crippen MR) is 80.5 cm³/mol. The monoisotopic (exact) mass is 392 g/mol. The maximum absolute atomic E-state index is 10.1. The first-order chi connectivity index (χ1) is 7.37. The molecule has 16 heavy (non-hydrogen) atoms. The van der Waals surface area contributed by atoms with Gasteiger partial charge in [0.15, 0.2) is 0 Å². The molecule has 0 radical (unpaired) electrons. The second-order valence-corrected chi connectivity index (χ2v) is 5.30. The Bertz CT molecular complexity index is 106. The number of carbonyl (C=O) groups is 1. The maximum Gasteiger partial charge on any atom is 0.132 e. The first-order valence-corrected chi connectivity index (χ1v) is 7.59. The van der Waals surface area contributed by atoms with Gasteiger partial charge in [-0.05, 0) is 6.92 Å². The fourth-order valence-corrected chi connectivity index (χ4v) is 0.652. The number of halogens is 8. The van der Waals surface area contributed by atoms with Gasteiger partial charge in [-0.1, -0.05) is 0 Å². The van der Waals surface area contributed by atoms with Crippen LogP contribution in [0, 0.1) is 0 Å². The average molecular weight is 396 g/mol. The molecule has 0 spiro atoms. The lowest BCUT2D eigenvalue weighted by molar-refractivity contribution is -0.116. The predicted octanol–water partition coefficient (Wildman–Crippen LogP) is 6.03.